The van der Waals surface area contributed by atoms with E-state index in [0.29, 0.717) is 5.41 Å². The molecule has 2 heterocycles. The highest BCUT2D eigenvalue weighted by Crippen LogP contribution is 2.58. The maximum absolute atomic E-state index is 12.0. The smallest absolute Gasteiger partial charge is 0.228 e. The van der Waals surface area contributed by atoms with Crippen LogP contribution in [0.5, 0.6) is 0 Å². The van der Waals surface area contributed by atoms with Crippen LogP contribution in [-0.2, 0) is 4.79 Å². The average molecular weight is 273 g/mol. The van der Waals surface area contributed by atoms with E-state index in [1.54, 1.807) is 11.3 Å². The molecular formula is C12H17ClN2OS. The summed E-state index contributed by atoms with van der Waals surface area (Å²) < 4.78 is 0. The van der Waals surface area contributed by atoms with E-state index < -0.39 is 0 Å². The number of carbonyl (C=O) groups excluding carboxylic acids is 1. The number of rotatable bonds is 2. The first-order valence-corrected chi connectivity index (χ1v) is 6.78. The Labute approximate surface area is 111 Å². The van der Waals surface area contributed by atoms with Crippen molar-refractivity contribution in [1.82, 2.24) is 5.32 Å². The van der Waals surface area contributed by atoms with Crippen LogP contribution in [0, 0.1) is 11.3 Å². The highest BCUT2D eigenvalue weighted by Gasteiger charge is 2.57. The molecule has 94 valence electrons. The monoisotopic (exact) mass is 272 g/mol. The summed E-state index contributed by atoms with van der Waals surface area (Å²) in [5.74, 6) is 0.481. The minimum Gasteiger partial charge on any atom is -0.325 e. The van der Waals surface area contributed by atoms with Crippen molar-refractivity contribution >= 4 is 35.3 Å². The molecule has 1 unspecified atom stereocenters. The molecule has 1 aromatic heterocycles. The first kappa shape index (κ1) is 12.9. The summed E-state index contributed by atoms with van der Waals surface area (Å²) in [6.45, 7) is 2.14. The fourth-order valence-corrected chi connectivity index (χ4v) is 3.35. The Bertz CT molecular complexity index is 387. The Balaban J connectivity index is 0.00000108. The molecule has 0 bridgehead atoms. The Morgan fingerprint density at radius 1 is 1.47 bits per heavy atom. The number of hydrogen-bond donors (Lipinski definition) is 2. The molecule has 1 saturated carbocycles. The lowest BCUT2D eigenvalue weighted by molar-refractivity contribution is -0.118. The minimum absolute atomic E-state index is 0. The zero-order valence-electron chi connectivity index (χ0n) is 9.57. The average Bonchev–Trinajstić information content (AvgIpc) is 2.76. The van der Waals surface area contributed by atoms with Crippen LogP contribution in [0.4, 0.5) is 5.69 Å². The second-order valence-electron chi connectivity index (χ2n) is 4.87. The molecule has 5 heteroatoms. The van der Waals surface area contributed by atoms with Crippen molar-refractivity contribution in [1.29, 1.82) is 0 Å². The van der Waals surface area contributed by atoms with Gasteiger partial charge in [0, 0.05) is 11.3 Å². The maximum atomic E-state index is 12.0. The molecule has 0 radical (unpaired) electrons. The van der Waals surface area contributed by atoms with Crippen LogP contribution in [0.3, 0.4) is 0 Å². The molecule has 1 amide bonds. The molecule has 3 rings (SSSR count). The highest BCUT2D eigenvalue weighted by molar-refractivity contribution is 7.08. The van der Waals surface area contributed by atoms with Crippen molar-refractivity contribution in [2.45, 2.75) is 19.3 Å². The van der Waals surface area contributed by atoms with Gasteiger partial charge in [-0.3, -0.25) is 4.79 Å². The maximum Gasteiger partial charge on any atom is 0.228 e. The summed E-state index contributed by atoms with van der Waals surface area (Å²) >= 11 is 1.62. The van der Waals surface area contributed by atoms with Crippen molar-refractivity contribution in [2.75, 3.05) is 18.4 Å². The Morgan fingerprint density at radius 2 is 2.24 bits per heavy atom. The van der Waals surface area contributed by atoms with Crippen LogP contribution >= 0.6 is 23.7 Å². The third kappa shape index (κ3) is 2.49. The van der Waals surface area contributed by atoms with Crippen molar-refractivity contribution in [3.63, 3.8) is 0 Å². The molecule has 2 aliphatic rings. The number of carbonyl (C=O) groups is 1. The number of hydrogen-bond acceptors (Lipinski definition) is 3. The largest absolute Gasteiger partial charge is 0.325 e. The summed E-state index contributed by atoms with van der Waals surface area (Å²) in [5, 5.41) is 10.3. The number of amides is 1. The molecule has 2 N–H and O–H groups in total. The van der Waals surface area contributed by atoms with Crippen molar-refractivity contribution in [3.05, 3.63) is 16.8 Å². The number of nitrogens with one attached hydrogen (secondary N) is 2. The van der Waals surface area contributed by atoms with Crippen LogP contribution in [0.1, 0.15) is 19.3 Å². The van der Waals surface area contributed by atoms with Crippen LogP contribution in [0.15, 0.2) is 16.8 Å². The number of anilines is 1. The highest BCUT2D eigenvalue weighted by atomic mass is 35.5. The summed E-state index contributed by atoms with van der Waals surface area (Å²) in [7, 11) is 0. The molecule has 1 saturated heterocycles. The lowest BCUT2D eigenvalue weighted by Crippen LogP contribution is -2.31. The lowest BCUT2D eigenvalue weighted by atomic mass is 9.92. The molecule has 1 aromatic rings. The molecule has 1 spiro atoms. The van der Waals surface area contributed by atoms with Gasteiger partial charge in [-0.1, -0.05) is 0 Å². The second-order valence-corrected chi connectivity index (χ2v) is 5.65. The number of thiophene rings is 1. The summed E-state index contributed by atoms with van der Waals surface area (Å²) in [6.07, 6.45) is 3.41. The first-order valence-electron chi connectivity index (χ1n) is 5.84. The van der Waals surface area contributed by atoms with Crippen molar-refractivity contribution in [3.8, 4) is 0 Å². The molecule has 0 aromatic carbocycles. The summed E-state index contributed by atoms with van der Waals surface area (Å²) in [6, 6.07) is 1.96. The SMILES string of the molecule is Cl.O=C(Nc1ccsc1)C1CC12CCNCC2. The van der Waals surface area contributed by atoms with E-state index in [4.69, 9.17) is 0 Å². The van der Waals surface area contributed by atoms with Gasteiger partial charge in [0.2, 0.25) is 5.91 Å². The number of piperidine rings is 1. The summed E-state index contributed by atoms with van der Waals surface area (Å²) in [4.78, 5) is 12.0. The second kappa shape index (κ2) is 4.96. The van der Waals surface area contributed by atoms with Crippen LogP contribution < -0.4 is 10.6 Å². The van der Waals surface area contributed by atoms with E-state index in [9.17, 15) is 4.79 Å². The topological polar surface area (TPSA) is 41.1 Å². The van der Waals surface area contributed by atoms with E-state index in [1.807, 2.05) is 16.8 Å². The molecular weight excluding hydrogens is 256 g/mol. The zero-order chi connectivity index (χ0) is 11.0. The fourth-order valence-electron chi connectivity index (χ4n) is 2.76. The van der Waals surface area contributed by atoms with E-state index in [0.717, 1.165) is 38.0 Å². The van der Waals surface area contributed by atoms with Crippen LogP contribution in [0.2, 0.25) is 0 Å². The van der Waals surface area contributed by atoms with Gasteiger partial charge in [-0.2, -0.15) is 11.3 Å². The molecule has 1 aliphatic heterocycles. The quantitative estimate of drug-likeness (QED) is 0.869. The normalized spacial score (nSPS) is 25.1. The van der Waals surface area contributed by atoms with Gasteiger partial charge in [0.15, 0.2) is 0 Å². The van der Waals surface area contributed by atoms with E-state index in [-0.39, 0.29) is 24.2 Å². The zero-order valence-corrected chi connectivity index (χ0v) is 11.2. The van der Waals surface area contributed by atoms with Gasteiger partial charge in [-0.25, -0.2) is 0 Å². The number of halogens is 1. The van der Waals surface area contributed by atoms with E-state index >= 15 is 0 Å². The van der Waals surface area contributed by atoms with Gasteiger partial charge in [0.05, 0.1) is 5.69 Å². The third-order valence-corrected chi connectivity index (χ3v) is 4.58. The van der Waals surface area contributed by atoms with Gasteiger partial charge in [-0.05, 0) is 49.2 Å². The first-order chi connectivity index (χ1) is 7.80. The van der Waals surface area contributed by atoms with Gasteiger partial charge in [0.1, 0.15) is 0 Å². The van der Waals surface area contributed by atoms with Gasteiger partial charge in [0.25, 0.3) is 0 Å². The Kier molecular flexibility index (Phi) is 3.76. The molecule has 1 aliphatic carbocycles. The van der Waals surface area contributed by atoms with Gasteiger partial charge in [-0.15, -0.1) is 12.4 Å². The predicted octanol–water partition coefficient (Wildman–Crippen LogP) is 2.50. The van der Waals surface area contributed by atoms with Crippen molar-refractivity contribution in [2.24, 2.45) is 11.3 Å². The fraction of sp³-hybridized carbons (Fsp3) is 0.583. The molecule has 3 nitrogen and oxygen atoms in total. The Morgan fingerprint density at radius 3 is 2.88 bits per heavy atom. The lowest BCUT2D eigenvalue weighted by Gasteiger charge is -2.23. The van der Waals surface area contributed by atoms with E-state index in [1.165, 1.54) is 0 Å². The summed E-state index contributed by atoms with van der Waals surface area (Å²) in [5.41, 5.74) is 1.29. The van der Waals surface area contributed by atoms with Gasteiger partial charge < -0.3 is 10.6 Å². The standard InChI is InChI=1S/C12H16N2OS.ClH/c15-11(14-9-1-6-16-8-9)10-7-12(10)2-4-13-5-3-12;/h1,6,8,10,13H,2-5,7H2,(H,14,15);1H. The van der Waals surface area contributed by atoms with Gasteiger partial charge >= 0.3 is 0 Å². The van der Waals surface area contributed by atoms with E-state index in [2.05, 4.69) is 10.6 Å². The predicted molar refractivity (Wildman–Crippen MR) is 72.8 cm³/mol. The molecule has 2 fully saturated rings. The molecule has 1 atom stereocenters. The third-order valence-electron chi connectivity index (χ3n) is 3.89. The van der Waals surface area contributed by atoms with Crippen LogP contribution in [0.25, 0.3) is 0 Å². The Hall–Kier alpha value is -0.580. The van der Waals surface area contributed by atoms with Crippen molar-refractivity contribution < 1.29 is 4.79 Å². The molecule has 17 heavy (non-hydrogen) atoms. The minimum atomic E-state index is 0. The van der Waals surface area contributed by atoms with Crippen LogP contribution in [-0.4, -0.2) is 19.0 Å².